The minimum Gasteiger partial charge on any atom is -0.344 e. The first-order valence-electron chi connectivity index (χ1n) is 1.78. The van der Waals surface area contributed by atoms with E-state index in [-0.39, 0.29) is 6.15 Å². The Balaban J connectivity index is 0.000000490. The van der Waals surface area contributed by atoms with E-state index in [1.54, 1.807) is 11.6 Å². The van der Waals surface area contributed by atoms with Gasteiger partial charge in [-0.05, 0) is 0 Å². The minimum absolute atomic E-state index is 0. The van der Waals surface area contributed by atoms with Crippen molar-refractivity contribution in [2.24, 2.45) is 0 Å². The molecule has 1 aromatic rings. The summed E-state index contributed by atoms with van der Waals surface area (Å²) in [5.74, 6) is 0. The molecule has 3 nitrogen and oxygen atoms in total. The standard InChI is InChI=1S/C4H3NOS.H3N/c6-3-4-5-1-2-7-4;/h1-3H;1H3. The van der Waals surface area contributed by atoms with Gasteiger partial charge in [-0.25, -0.2) is 4.98 Å². The predicted octanol–water partition coefficient (Wildman–Crippen LogP) is 1.12. The van der Waals surface area contributed by atoms with Crippen LogP contribution in [0.15, 0.2) is 11.6 Å². The van der Waals surface area contributed by atoms with Gasteiger partial charge in [-0.1, -0.05) is 0 Å². The Bertz CT molecular complexity index is 149. The molecule has 44 valence electrons. The van der Waals surface area contributed by atoms with E-state index in [2.05, 4.69) is 4.98 Å². The van der Waals surface area contributed by atoms with Gasteiger partial charge in [0.15, 0.2) is 11.3 Å². The number of nitrogens with zero attached hydrogens (tertiary/aromatic N) is 1. The van der Waals surface area contributed by atoms with Gasteiger partial charge >= 0.3 is 0 Å². The summed E-state index contributed by atoms with van der Waals surface area (Å²) in [5.41, 5.74) is 0. The summed E-state index contributed by atoms with van der Waals surface area (Å²) in [5, 5.41) is 2.31. The lowest BCUT2D eigenvalue weighted by Crippen LogP contribution is -1.69. The third-order valence-electron chi connectivity index (χ3n) is 0.552. The molecule has 0 bridgehead atoms. The normalized spacial score (nSPS) is 7.50. The maximum atomic E-state index is 9.82. The average Bonchev–Trinajstić information content (AvgIpc) is 2.14. The molecule has 0 aliphatic heterocycles. The molecule has 1 heterocycles. The highest BCUT2D eigenvalue weighted by Gasteiger charge is 1.84. The van der Waals surface area contributed by atoms with Crippen LogP contribution in [0, 0.1) is 0 Å². The fourth-order valence-electron chi connectivity index (χ4n) is 0.293. The first-order valence-corrected chi connectivity index (χ1v) is 2.66. The van der Waals surface area contributed by atoms with Gasteiger partial charge in [0.25, 0.3) is 0 Å². The number of rotatable bonds is 1. The molecular weight excluding hydrogens is 124 g/mol. The molecule has 0 aliphatic rings. The number of thiazole rings is 1. The molecule has 0 saturated carbocycles. The molecule has 8 heavy (non-hydrogen) atoms. The van der Waals surface area contributed by atoms with Crippen LogP contribution in [-0.4, -0.2) is 11.3 Å². The molecule has 0 fully saturated rings. The summed E-state index contributed by atoms with van der Waals surface area (Å²) in [4.78, 5) is 13.5. The van der Waals surface area contributed by atoms with Crippen LogP contribution in [0.1, 0.15) is 9.80 Å². The van der Waals surface area contributed by atoms with E-state index in [1.807, 2.05) is 0 Å². The average molecular weight is 130 g/mol. The first-order chi connectivity index (χ1) is 3.43. The van der Waals surface area contributed by atoms with E-state index in [0.29, 0.717) is 5.01 Å². The van der Waals surface area contributed by atoms with Crippen molar-refractivity contribution in [3.63, 3.8) is 0 Å². The highest BCUT2D eigenvalue weighted by atomic mass is 32.1. The Kier molecular flexibility index (Phi) is 2.98. The Morgan fingerprint density at radius 3 is 2.75 bits per heavy atom. The smallest absolute Gasteiger partial charge is 0.178 e. The number of carbonyl (C=O) groups excluding carboxylic acids is 1. The van der Waals surface area contributed by atoms with Crippen molar-refractivity contribution in [3.8, 4) is 0 Å². The second-order valence-corrected chi connectivity index (χ2v) is 1.91. The minimum atomic E-state index is 0. The second-order valence-electron chi connectivity index (χ2n) is 0.988. The first kappa shape index (κ1) is 7.26. The number of hydrogen-bond acceptors (Lipinski definition) is 4. The summed E-state index contributed by atoms with van der Waals surface area (Å²) >= 11 is 1.34. The molecule has 4 heteroatoms. The van der Waals surface area contributed by atoms with Crippen molar-refractivity contribution in [1.82, 2.24) is 11.1 Å². The van der Waals surface area contributed by atoms with Gasteiger partial charge in [0, 0.05) is 11.6 Å². The molecule has 1 aromatic heterocycles. The molecule has 0 amide bonds. The summed E-state index contributed by atoms with van der Waals surface area (Å²) in [7, 11) is 0. The molecule has 0 aliphatic carbocycles. The molecule has 0 atom stereocenters. The Hall–Kier alpha value is -0.740. The van der Waals surface area contributed by atoms with E-state index < -0.39 is 0 Å². The lowest BCUT2D eigenvalue weighted by atomic mass is 10.8. The summed E-state index contributed by atoms with van der Waals surface area (Å²) in [6, 6.07) is 0. The SMILES string of the molecule is N.O=Cc1nccs1. The number of aldehydes is 1. The van der Waals surface area contributed by atoms with Gasteiger partial charge in [0.1, 0.15) is 0 Å². The number of carbonyl (C=O) groups is 1. The van der Waals surface area contributed by atoms with Crippen LogP contribution in [0.5, 0.6) is 0 Å². The molecular formula is C4H6N2OS. The maximum Gasteiger partial charge on any atom is 0.178 e. The van der Waals surface area contributed by atoms with Gasteiger partial charge in [0.2, 0.25) is 0 Å². The van der Waals surface area contributed by atoms with Gasteiger partial charge < -0.3 is 6.15 Å². The Labute approximate surface area is 51.0 Å². The van der Waals surface area contributed by atoms with Gasteiger partial charge in [-0.2, -0.15) is 0 Å². The van der Waals surface area contributed by atoms with Crippen molar-refractivity contribution in [1.29, 1.82) is 0 Å². The zero-order chi connectivity index (χ0) is 5.11. The third kappa shape index (κ3) is 1.40. The largest absolute Gasteiger partial charge is 0.344 e. The zero-order valence-electron chi connectivity index (χ0n) is 4.20. The van der Waals surface area contributed by atoms with Crippen LogP contribution in [0.2, 0.25) is 0 Å². The molecule has 0 spiro atoms. The van der Waals surface area contributed by atoms with Gasteiger partial charge in [0.05, 0.1) is 0 Å². The van der Waals surface area contributed by atoms with Gasteiger partial charge in [-0.3, -0.25) is 4.79 Å². The van der Waals surface area contributed by atoms with Crippen LogP contribution < -0.4 is 6.15 Å². The van der Waals surface area contributed by atoms with E-state index >= 15 is 0 Å². The third-order valence-corrected chi connectivity index (χ3v) is 1.25. The van der Waals surface area contributed by atoms with Crippen molar-refractivity contribution in [3.05, 3.63) is 16.6 Å². The second kappa shape index (κ2) is 3.29. The maximum absolute atomic E-state index is 9.82. The van der Waals surface area contributed by atoms with Crippen molar-refractivity contribution in [2.75, 3.05) is 0 Å². The predicted molar refractivity (Wildman–Crippen MR) is 32.5 cm³/mol. The molecule has 3 N–H and O–H groups in total. The van der Waals surface area contributed by atoms with Crippen LogP contribution in [-0.2, 0) is 0 Å². The lowest BCUT2D eigenvalue weighted by molar-refractivity contribution is 0.112. The van der Waals surface area contributed by atoms with Crippen molar-refractivity contribution in [2.45, 2.75) is 0 Å². The fourth-order valence-corrected chi connectivity index (χ4v) is 0.731. The Morgan fingerprint density at radius 2 is 2.50 bits per heavy atom. The molecule has 0 saturated heterocycles. The monoisotopic (exact) mass is 130 g/mol. The fraction of sp³-hybridized carbons (Fsp3) is 0. The highest BCUT2D eigenvalue weighted by Crippen LogP contribution is 1.97. The zero-order valence-corrected chi connectivity index (χ0v) is 5.02. The van der Waals surface area contributed by atoms with E-state index in [0.717, 1.165) is 6.29 Å². The van der Waals surface area contributed by atoms with Crippen LogP contribution in [0.25, 0.3) is 0 Å². The number of hydrogen-bond donors (Lipinski definition) is 1. The van der Waals surface area contributed by atoms with Crippen molar-refractivity contribution >= 4 is 17.6 Å². The summed E-state index contributed by atoms with van der Waals surface area (Å²) in [6.07, 6.45) is 2.35. The molecule has 1 rings (SSSR count). The van der Waals surface area contributed by atoms with Crippen molar-refractivity contribution < 1.29 is 4.79 Å². The topological polar surface area (TPSA) is 65.0 Å². The van der Waals surface area contributed by atoms with E-state index in [1.165, 1.54) is 11.3 Å². The van der Waals surface area contributed by atoms with E-state index in [4.69, 9.17) is 0 Å². The summed E-state index contributed by atoms with van der Waals surface area (Å²) in [6.45, 7) is 0. The number of aromatic nitrogens is 1. The molecule has 0 aromatic carbocycles. The quantitative estimate of drug-likeness (QED) is 0.579. The Morgan fingerprint density at radius 1 is 1.75 bits per heavy atom. The molecule has 0 unspecified atom stereocenters. The van der Waals surface area contributed by atoms with Crippen LogP contribution in [0.3, 0.4) is 0 Å². The summed E-state index contributed by atoms with van der Waals surface area (Å²) < 4.78 is 0. The van der Waals surface area contributed by atoms with Crippen LogP contribution in [0.4, 0.5) is 0 Å². The van der Waals surface area contributed by atoms with Gasteiger partial charge in [-0.15, -0.1) is 11.3 Å². The van der Waals surface area contributed by atoms with E-state index in [9.17, 15) is 4.79 Å². The van der Waals surface area contributed by atoms with Crippen LogP contribution >= 0.6 is 11.3 Å². The lowest BCUT2D eigenvalue weighted by Gasteiger charge is -1.65. The highest BCUT2D eigenvalue weighted by molar-refractivity contribution is 7.11. The molecule has 0 radical (unpaired) electrons.